The SMILES string of the molecule is CCOC(OCC)c1c(F)cncc1C=O. The van der Waals surface area contributed by atoms with Crippen molar-refractivity contribution in [3.05, 3.63) is 29.3 Å². The zero-order chi connectivity index (χ0) is 12.0. The van der Waals surface area contributed by atoms with E-state index < -0.39 is 12.1 Å². The first-order valence-electron chi connectivity index (χ1n) is 5.06. The van der Waals surface area contributed by atoms with Crippen molar-refractivity contribution >= 4 is 6.29 Å². The second-order valence-corrected chi connectivity index (χ2v) is 2.98. The number of pyridine rings is 1. The van der Waals surface area contributed by atoms with Gasteiger partial charge in [0, 0.05) is 25.0 Å². The second-order valence-electron chi connectivity index (χ2n) is 2.98. The number of hydrogen-bond acceptors (Lipinski definition) is 4. The molecule has 0 amide bonds. The van der Waals surface area contributed by atoms with E-state index >= 15 is 0 Å². The van der Waals surface area contributed by atoms with Crippen LogP contribution in [0, 0.1) is 5.82 Å². The monoisotopic (exact) mass is 227 g/mol. The Morgan fingerprint density at radius 1 is 1.38 bits per heavy atom. The Morgan fingerprint density at radius 3 is 2.50 bits per heavy atom. The van der Waals surface area contributed by atoms with Crippen LogP contribution in [0.3, 0.4) is 0 Å². The summed E-state index contributed by atoms with van der Waals surface area (Å²) in [5.74, 6) is -0.600. The minimum absolute atomic E-state index is 0.105. The summed E-state index contributed by atoms with van der Waals surface area (Å²) in [4.78, 5) is 14.4. The Balaban J connectivity index is 3.10. The maximum atomic E-state index is 13.6. The van der Waals surface area contributed by atoms with Gasteiger partial charge in [0.15, 0.2) is 12.6 Å². The molecule has 1 aromatic heterocycles. The molecule has 0 fully saturated rings. The van der Waals surface area contributed by atoms with Crippen LogP contribution < -0.4 is 0 Å². The van der Waals surface area contributed by atoms with Gasteiger partial charge in [-0.15, -0.1) is 0 Å². The van der Waals surface area contributed by atoms with E-state index in [1.165, 1.54) is 6.20 Å². The van der Waals surface area contributed by atoms with E-state index in [4.69, 9.17) is 9.47 Å². The number of aldehydes is 1. The van der Waals surface area contributed by atoms with Crippen LogP contribution in [0.4, 0.5) is 4.39 Å². The van der Waals surface area contributed by atoms with Gasteiger partial charge >= 0.3 is 0 Å². The fourth-order valence-corrected chi connectivity index (χ4v) is 1.32. The Morgan fingerprint density at radius 2 is 2.00 bits per heavy atom. The van der Waals surface area contributed by atoms with Crippen molar-refractivity contribution in [1.29, 1.82) is 0 Å². The minimum Gasteiger partial charge on any atom is -0.349 e. The largest absolute Gasteiger partial charge is 0.349 e. The molecule has 0 saturated carbocycles. The molecule has 1 aromatic rings. The number of halogens is 1. The molecule has 88 valence electrons. The van der Waals surface area contributed by atoms with Crippen LogP contribution in [-0.2, 0) is 9.47 Å². The number of aromatic nitrogens is 1. The lowest BCUT2D eigenvalue weighted by Crippen LogP contribution is -2.13. The highest BCUT2D eigenvalue weighted by Crippen LogP contribution is 2.24. The number of hydrogen-bond donors (Lipinski definition) is 0. The molecule has 0 spiro atoms. The third-order valence-corrected chi connectivity index (χ3v) is 1.97. The number of carbonyl (C=O) groups excluding carboxylic acids is 1. The number of carbonyl (C=O) groups is 1. The van der Waals surface area contributed by atoms with Gasteiger partial charge in [-0.3, -0.25) is 9.78 Å². The lowest BCUT2D eigenvalue weighted by molar-refractivity contribution is -0.142. The van der Waals surface area contributed by atoms with Crippen molar-refractivity contribution in [3.63, 3.8) is 0 Å². The summed E-state index contributed by atoms with van der Waals surface area (Å²) in [5.41, 5.74) is 0.251. The van der Waals surface area contributed by atoms with E-state index in [0.29, 0.717) is 19.5 Å². The van der Waals surface area contributed by atoms with Crippen LogP contribution in [0.25, 0.3) is 0 Å². The van der Waals surface area contributed by atoms with Gasteiger partial charge in [0.05, 0.1) is 11.8 Å². The van der Waals surface area contributed by atoms with E-state index in [-0.39, 0.29) is 11.1 Å². The lowest BCUT2D eigenvalue weighted by atomic mass is 10.1. The molecule has 0 aliphatic heterocycles. The van der Waals surface area contributed by atoms with E-state index in [1.54, 1.807) is 13.8 Å². The van der Waals surface area contributed by atoms with Crippen LogP contribution in [0.5, 0.6) is 0 Å². The number of ether oxygens (including phenoxy) is 2. The smallest absolute Gasteiger partial charge is 0.187 e. The summed E-state index contributed by atoms with van der Waals surface area (Å²) in [6, 6.07) is 0. The van der Waals surface area contributed by atoms with E-state index in [0.717, 1.165) is 6.20 Å². The van der Waals surface area contributed by atoms with Crippen LogP contribution in [0.1, 0.15) is 36.1 Å². The van der Waals surface area contributed by atoms with Crippen molar-refractivity contribution in [2.45, 2.75) is 20.1 Å². The van der Waals surface area contributed by atoms with Crippen molar-refractivity contribution in [3.8, 4) is 0 Å². The molecule has 0 unspecified atom stereocenters. The van der Waals surface area contributed by atoms with E-state index in [1.807, 2.05) is 0 Å². The van der Waals surface area contributed by atoms with Gasteiger partial charge in [0.1, 0.15) is 5.82 Å². The van der Waals surface area contributed by atoms with Crippen LogP contribution in [0.15, 0.2) is 12.4 Å². The molecule has 0 saturated heterocycles. The topological polar surface area (TPSA) is 48.4 Å². The maximum Gasteiger partial charge on any atom is 0.187 e. The van der Waals surface area contributed by atoms with Gasteiger partial charge in [-0.25, -0.2) is 4.39 Å². The molecule has 5 heteroatoms. The predicted molar refractivity (Wildman–Crippen MR) is 55.6 cm³/mol. The molecule has 4 nitrogen and oxygen atoms in total. The molecule has 1 heterocycles. The highest BCUT2D eigenvalue weighted by atomic mass is 19.1. The first-order chi connectivity index (χ1) is 7.74. The highest BCUT2D eigenvalue weighted by Gasteiger charge is 2.20. The molecule has 16 heavy (non-hydrogen) atoms. The number of rotatable bonds is 6. The fourth-order valence-electron chi connectivity index (χ4n) is 1.32. The Hall–Kier alpha value is -1.33. The minimum atomic E-state index is -0.863. The third-order valence-electron chi connectivity index (χ3n) is 1.97. The Labute approximate surface area is 93.4 Å². The summed E-state index contributed by atoms with van der Waals surface area (Å²) in [6.45, 7) is 4.27. The standard InChI is InChI=1S/C11H14FNO3/c1-3-15-11(16-4-2)10-8(7-14)5-13-6-9(10)12/h5-7,11H,3-4H2,1-2H3. The van der Waals surface area contributed by atoms with E-state index in [9.17, 15) is 9.18 Å². The highest BCUT2D eigenvalue weighted by molar-refractivity contribution is 5.76. The molecule has 0 aromatic carbocycles. The molecular weight excluding hydrogens is 213 g/mol. The molecule has 0 N–H and O–H groups in total. The molecule has 0 atom stereocenters. The van der Waals surface area contributed by atoms with Gasteiger partial charge in [-0.1, -0.05) is 0 Å². The van der Waals surface area contributed by atoms with Gasteiger partial charge in [-0.05, 0) is 13.8 Å². The third kappa shape index (κ3) is 2.84. The van der Waals surface area contributed by atoms with Crippen molar-refractivity contribution < 1.29 is 18.7 Å². The summed E-state index contributed by atoms with van der Waals surface area (Å²) in [6.07, 6.45) is 2.00. The molecule has 0 aliphatic rings. The van der Waals surface area contributed by atoms with Crippen molar-refractivity contribution in [2.24, 2.45) is 0 Å². The van der Waals surface area contributed by atoms with Crippen LogP contribution in [0.2, 0.25) is 0 Å². The Kier molecular flexibility index (Phi) is 5.01. The second kappa shape index (κ2) is 6.30. The predicted octanol–water partition coefficient (Wildman–Crippen LogP) is 2.10. The zero-order valence-corrected chi connectivity index (χ0v) is 9.27. The summed E-state index contributed by atoms with van der Waals surface area (Å²) < 4.78 is 24.0. The molecule has 0 aliphatic carbocycles. The van der Waals surface area contributed by atoms with E-state index in [2.05, 4.69) is 4.98 Å². The quantitative estimate of drug-likeness (QED) is 0.551. The normalized spacial score (nSPS) is 10.8. The van der Waals surface area contributed by atoms with Gasteiger partial charge in [-0.2, -0.15) is 0 Å². The maximum absolute atomic E-state index is 13.6. The van der Waals surface area contributed by atoms with Gasteiger partial charge < -0.3 is 9.47 Å². The molecule has 0 radical (unpaired) electrons. The first kappa shape index (κ1) is 12.7. The first-order valence-corrected chi connectivity index (χ1v) is 5.06. The van der Waals surface area contributed by atoms with Gasteiger partial charge in [0.25, 0.3) is 0 Å². The summed E-state index contributed by atoms with van der Waals surface area (Å²) >= 11 is 0. The van der Waals surface area contributed by atoms with Crippen LogP contribution >= 0.6 is 0 Å². The Bertz CT molecular complexity index is 351. The average molecular weight is 227 g/mol. The molecule has 1 rings (SSSR count). The van der Waals surface area contributed by atoms with Crippen molar-refractivity contribution in [1.82, 2.24) is 4.98 Å². The molecular formula is C11H14FNO3. The lowest BCUT2D eigenvalue weighted by Gasteiger charge is -2.18. The van der Waals surface area contributed by atoms with Crippen molar-refractivity contribution in [2.75, 3.05) is 13.2 Å². The fraction of sp³-hybridized carbons (Fsp3) is 0.455. The van der Waals surface area contributed by atoms with Crippen LogP contribution in [-0.4, -0.2) is 24.5 Å². The zero-order valence-electron chi connectivity index (χ0n) is 9.27. The molecule has 0 bridgehead atoms. The summed E-state index contributed by atoms with van der Waals surface area (Å²) in [5, 5.41) is 0. The average Bonchev–Trinajstić information content (AvgIpc) is 2.28. The number of nitrogens with zero attached hydrogens (tertiary/aromatic N) is 1. The van der Waals surface area contributed by atoms with Gasteiger partial charge in [0.2, 0.25) is 0 Å². The summed E-state index contributed by atoms with van der Waals surface area (Å²) in [7, 11) is 0.